The molecule has 2 heteroatoms. The van der Waals surface area contributed by atoms with E-state index in [1.165, 1.54) is 11.3 Å². The summed E-state index contributed by atoms with van der Waals surface area (Å²) >= 11 is 0. The number of hydrogen-bond acceptors (Lipinski definition) is 2. The van der Waals surface area contributed by atoms with Gasteiger partial charge in [-0.15, -0.1) is 0 Å². The molecule has 0 atom stereocenters. The highest BCUT2D eigenvalue weighted by atomic mass is 15.4. The van der Waals surface area contributed by atoms with Crippen LogP contribution in [0.2, 0.25) is 0 Å². The van der Waals surface area contributed by atoms with Crippen LogP contribution in [0.4, 0.5) is 0 Å². The Bertz CT molecular complexity index is 223. The minimum Gasteiger partial charge on any atom is -0.308 e. The van der Waals surface area contributed by atoms with E-state index >= 15 is 0 Å². The highest BCUT2D eigenvalue weighted by Crippen LogP contribution is 2.18. The molecule has 1 heterocycles. The summed E-state index contributed by atoms with van der Waals surface area (Å²) in [7, 11) is 0. The average molecular weight is 134 g/mol. The second kappa shape index (κ2) is 2.21. The molecule has 10 heavy (non-hydrogen) atoms. The fourth-order valence-corrected chi connectivity index (χ4v) is 1.24. The van der Waals surface area contributed by atoms with Gasteiger partial charge in [0.1, 0.15) is 0 Å². The lowest BCUT2D eigenvalue weighted by molar-refractivity contribution is 0.682. The van der Waals surface area contributed by atoms with Crippen LogP contribution in [0.15, 0.2) is 35.7 Å². The van der Waals surface area contributed by atoms with Gasteiger partial charge in [-0.25, -0.2) is 0 Å². The Morgan fingerprint density at radius 2 is 2.10 bits per heavy atom. The summed E-state index contributed by atoms with van der Waals surface area (Å²) in [5, 5.41) is 0. The van der Waals surface area contributed by atoms with Gasteiger partial charge in [-0.1, -0.05) is 12.2 Å². The lowest BCUT2D eigenvalue weighted by Gasteiger charge is -2.19. The molecule has 0 unspecified atom stereocenters. The number of hydrogen-bond donors (Lipinski definition) is 2. The maximum absolute atomic E-state index is 3.11. The predicted octanol–water partition coefficient (Wildman–Crippen LogP) is 1.21. The van der Waals surface area contributed by atoms with E-state index in [-0.39, 0.29) is 0 Å². The molecule has 0 saturated heterocycles. The molecule has 0 aromatic heterocycles. The van der Waals surface area contributed by atoms with Crippen molar-refractivity contribution in [3.05, 3.63) is 35.7 Å². The summed E-state index contributed by atoms with van der Waals surface area (Å²) in [6.45, 7) is 0. The summed E-state index contributed by atoms with van der Waals surface area (Å²) in [5.74, 6) is 0. The van der Waals surface area contributed by atoms with Crippen molar-refractivity contribution in [2.75, 3.05) is 0 Å². The molecule has 0 amide bonds. The van der Waals surface area contributed by atoms with E-state index in [1.54, 1.807) is 0 Å². The Hall–Kier alpha value is -1.18. The molecule has 0 radical (unpaired) electrons. The summed E-state index contributed by atoms with van der Waals surface area (Å²) in [4.78, 5) is 0. The zero-order chi connectivity index (χ0) is 6.81. The second-order valence-electron chi connectivity index (χ2n) is 2.49. The van der Waals surface area contributed by atoms with Crippen molar-refractivity contribution in [1.29, 1.82) is 0 Å². The van der Waals surface area contributed by atoms with Gasteiger partial charge in [0.05, 0.1) is 0 Å². The van der Waals surface area contributed by atoms with Gasteiger partial charge in [-0.05, 0) is 18.1 Å². The molecule has 52 valence electrons. The first-order valence-corrected chi connectivity index (χ1v) is 3.52. The van der Waals surface area contributed by atoms with Crippen LogP contribution in [0.5, 0.6) is 0 Å². The number of hydrazine groups is 1. The van der Waals surface area contributed by atoms with Crippen LogP contribution in [0.25, 0.3) is 0 Å². The van der Waals surface area contributed by atoms with Gasteiger partial charge in [0.15, 0.2) is 0 Å². The van der Waals surface area contributed by atoms with Gasteiger partial charge in [-0.2, -0.15) is 0 Å². The molecule has 2 rings (SSSR count). The molecule has 0 fully saturated rings. The van der Waals surface area contributed by atoms with Crippen LogP contribution < -0.4 is 10.9 Å². The zero-order valence-corrected chi connectivity index (χ0v) is 5.72. The first-order chi connectivity index (χ1) is 4.97. The standard InChI is InChI=1S/C8H10N2/c1-2-4-8-7(3-1)5-6-9-10-8/h1-2,5-6,9-10H,3-4H2. The molecule has 2 aliphatic rings. The third-order valence-corrected chi connectivity index (χ3v) is 1.80. The zero-order valence-electron chi connectivity index (χ0n) is 5.72. The predicted molar refractivity (Wildman–Crippen MR) is 40.8 cm³/mol. The van der Waals surface area contributed by atoms with Gasteiger partial charge in [0.25, 0.3) is 0 Å². The van der Waals surface area contributed by atoms with Gasteiger partial charge in [-0.3, -0.25) is 0 Å². The Kier molecular flexibility index (Phi) is 1.24. The van der Waals surface area contributed by atoms with E-state index in [0.29, 0.717) is 0 Å². The van der Waals surface area contributed by atoms with Crippen molar-refractivity contribution >= 4 is 0 Å². The maximum Gasteiger partial charge on any atom is 0.0387 e. The van der Waals surface area contributed by atoms with Crippen molar-refractivity contribution in [3.8, 4) is 0 Å². The highest BCUT2D eigenvalue weighted by Gasteiger charge is 2.07. The van der Waals surface area contributed by atoms with Crippen molar-refractivity contribution in [2.45, 2.75) is 12.8 Å². The number of rotatable bonds is 0. The summed E-state index contributed by atoms with van der Waals surface area (Å²) < 4.78 is 0. The summed E-state index contributed by atoms with van der Waals surface area (Å²) in [6.07, 6.45) is 10.5. The molecule has 0 saturated carbocycles. The van der Waals surface area contributed by atoms with Crippen LogP contribution in [-0.4, -0.2) is 0 Å². The minimum absolute atomic E-state index is 1.03. The monoisotopic (exact) mass is 134 g/mol. The van der Waals surface area contributed by atoms with Crippen LogP contribution in [-0.2, 0) is 0 Å². The Balaban J connectivity index is 2.25. The van der Waals surface area contributed by atoms with Crippen LogP contribution in [0.3, 0.4) is 0 Å². The second-order valence-corrected chi connectivity index (χ2v) is 2.49. The Morgan fingerprint density at radius 3 is 3.00 bits per heavy atom. The molecule has 0 aromatic rings. The van der Waals surface area contributed by atoms with Crippen LogP contribution in [0, 0.1) is 0 Å². The van der Waals surface area contributed by atoms with Crippen molar-refractivity contribution in [2.24, 2.45) is 0 Å². The van der Waals surface area contributed by atoms with E-state index in [2.05, 4.69) is 29.1 Å². The molecule has 0 aromatic carbocycles. The van der Waals surface area contributed by atoms with Gasteiger partial charge >= 0.3 is 0 Å². The van der Waals surface area contributed by atoms with Crippen molar-refractivity contribution in [1.82, 2.24) is 10.9 Å². The molecule has 0 bridgehead atoms. The molecule has 2 nitrogen and oxygen atoms in total. The number of nitrogens with one attached hydrogen (secondary N) is 2. The highest BCUT2D eigenvalue weighted by molar-refractivity contribution is 5.33. The van der Waals surface area contributed by atoms with Crippen LogP contribution in [0.1, 0.15) is 12.8 Å². The quantitative estimate of drug-likeness (QED) is 0.487. The van der Waals surface area contributed by atoms with E-state index in [9.17, 15) is 0 Å². The first-order valence-electron chi connectivity index (χ1n) is 3.52. The minimum atomic E-state index is 1.03. The molecule has 1 aliphatic heterocycles. The SMILES string of the molecule is C1=CCC2=C(C=CNN2)C1. The molecular weight excluding hydrogens is 124 g/mol. The van der Waals surface area contributed by atoms with E-state index < -0.39 is 0 Å². The fraction of sp³-hybridized carbons (Fsp3) is 0.250. The van der Waals surface area contributed by atoms with Gasteiger partial charge in [0.2, 0.25) is 0 Å². The number of allylic oxidation sites excluding steroid dienone is 4. The molecule has 2 N–H and O–H groups in total. The third-order valence-electron chi connectivity index (χ3n) is 1.80. The topological polar surface area (TPSA) is 24.1 Å². The average Bonchev–Trinajstić information content (AvgIpc) is 2.05. The van der Waals surface area contributed by atoms with Crippen molar-refractivity contribution < 1.29 is 0 Å². The van der Waals surface area contributed by atoms with Crippen LogP contribution >= 0.6 is 0 Å². The lowest BCUT2D eigenvalue weighted by Crippen LogP contribution is -2.30. The first kappa shape index (κ1) is 5.59. The smallest absolute Gasteiger partial charge is 0.0387 e. The molecule has 1 aliphatic carbocycles. The van der Waals surface area contributed by atoms with E-state index in [1.807, 2.05) is 6.20 Å². The Labute approximate surface area is 60.3 Å². The Morgan fingerprint density at radius 1 is 1.20 bits per heavy atom. The fourth-order valence-electron chi connectivity index (χ4n) is 1.24. The third kappa shape index (κ3) is 0.817. The largest absolute Gasteiger partial charge is 0.308 e. The van der Waals surface area contributed by atoms with E-state index in [0.717, 1.165) is 12.8 Å². The summed E-state index contributed by atoms with van der Waals surface area (Å²) in [6, 6.07) is 0. The summed E-state index contributed by atoms with van der Waals surface area (Å²) in [5.41, 5.74) is 8.79. The van der Waals surface area contributed by atoms with Crippen molar-refractivity contribution in [3.63, 3.8) is 0 Å². The normalized spacial score (nSPS) is 21.6. The van der Waals surface area contributed by atoms with Gasteiger partial charge < -0.3 is 10.9 Å². The molecular formula is C8H10N2. The van der Waals surface area contributed by atoms with E-state index in [4.69, 9.17) is 0 Å². The van der Waals surface area contributed by atoms with Gasteiger partial charge in [0, 0.05) is 18.3 Å². The molecule has 0 spiro atoms. The maximum atomic E-state index is 3.11. The lowest BCUT2D eigenvalue weighted by atomic mass is 10.0.